The van der Waals surface area contributed by atoms with Crippen molar-refractivity contribution in [2.45, 2.75) is 37.6 Å². The predicted octanol–water partition coefficient (Wildman–Crippen LogP) is 2.39. The smallest absolute Gasteiger partial charge is 0.223 e. The summed E-state index contributed by atoms with van der Waals surface area (Å²) in [4.78, 5) is 31.4. The second-order valence-corrected chi connectivity index (χ2v) is 8.25. The van der Waals surface area contributed by atoms with E-state index in [0.29, 0.717) is 19.4 Å². The minimum absolute atomic E-state index is 0.0815. The quantitative estimate of drug-likeness (QED) is 0.743. The fourth-order valence-electron chi connectivity index (χ4n) is 4.10. The third-order valence-electron chi connectivity index (χ3n) is 5.91. The molecule has 0 N–H and O–H groups in total. The monoisotopic (exact) mass is 375 g/mol. The summed E-state index contributed by atoms with van der Waals surface area (Å²) in [5, 5.41) is 4.17. The van der Waals surface area contributed by atoms with Crippen molar-refractivity contribution in [2.75, 3.05) is 39.8 Å². The standard InChI is InChI=1S/C20H29N3O2S/c1-3-10-22-11-9-20(8-6-19(22)25)16-23(13-12-21(20)2)18(24)5-4-17-7-14-26-15-17/h3,7,14-15H,1,4-6,8-13,16H2,2H3/t20-/m1/s1. The van der Waals surface area contributed by atoms with E-state index in [-0.39, 0.29) is 17.4 Å². The van der Waals surface area contributed by atoms with Gasteiger partial charge in [0.2, 0.25) is 11.8 Å². The molecule has 3 rings (SSSR count). The summed E-state index contributed by atoms with van der Waals surface area (Å²) in [6, 6.07) is 2.09. The molecule has 2 fully saturated rings. The van der Waals surface area contributed by atoms with Gasteiger partial charge in [-0.1, -0.05) is 6.08 Å². The van der Waals surface area contributed by atoms with Crippen molar-refractivity contribution in [3.05, 3.63) is 35.0 Å². The molecule has 1 atom stereocenters. The molecule has 2 aliphatic rings. The van der Waals surface area contributed by atoms with E-state index in [9.17, 15) is 9.59 Å². The average molecular weight is 376 g/mol. The molecular weight excluding hydrogens is 346 g/mol. The zero-order valence-corrected chi connectivity index (χ0v) is 16.5. The molecule has 1 spiro atoms. The third-order valence-corrected chi connectivity index (χ3v) is 6.65. The second-order valence-electron chi connectivity index (χ2n) is 7.47. The van der Waals surface area contributed by atoms with Gasteiger partial charge in [-0.05, 0) is 48.7 Å². The molecule has 3 heterocycles. The number of carbonyl (C=O) groups is 2. The summed E-state index contributed by atoms with van der Waals surface area (Å²) in [6.45, 7) is 7.51. The van der Waals surface area contributed by atoms with Crippen LogP contribution in [0.1, 0.15) is 31.2 Å². The van der Waals surface area contributed by atoms with Crippen LogP contribution in [0.25, 0.3) is 0 Å². The highest BCUT2D eigenvalue weighted by Crippen LogP contribution is 2.32. The van der Waals surface area contributed by atoms with Gasteiger partial charge in [0.1, 0.15) is 0 Å². The average Bonchev–Trinajstić information content (AvgIpc) is 3.11. The summed E-state index contributed by atoms with van der Waals surface area (Å²) in [5.41, 5.74) is 1.16. The van der Waals surface area contributed by atoms with Crippen LogP contribution >= 0.6 is 11.3 Å². The fraction of sp³-hybridized carbons (Fsp3) is 0.600. The fourth-order valence-corrected chi connectivity index (χ4v) is 4.80. The highest BCUT2D eigenvalue weighted by atomic mass is 32.1. The highest BCUT2D eigenvalue weighted by Gasteiger charge is 2.43. The lowest BCUT2D eigenvalue weighted by Gasteiger charge is -2.49. The maximum Gasteiger partial charge on any atom is 0.223 e. The van der Waals surface area contributed by atoms with E-state index in [1.165, 1.54) is 5.56 Å². The summed E-state index contributed by atoms with van der Waals surface area (Å²) >= 11 is 1.68. The van der Waals surface area contributed by atoms with Gasteiger partial charge in [-0.15, -0.1) is 6.58 Å². The SMILES string of the molecule is C=CCN1CC[C@]2(CCC1=O)CN(C(=O)CCc1ccsc1)CCN2C. The molecule has 6 heteroatoms. The minimum atomic E-state index is -0.0815. The molecule has 0 aromatic carbocycles. The Hall–Kier alpha value is -1.66. The van der Waals surface area contributed by atoms with E-state index in [1.807, 2.05) is 9.80 Å². The summed E-state index contributed by atoms with van der Waals surface area (Å²) < 4.78 is 0. The number of likely N-dealkylation sites (N-methyl/N-ethyl adjacent to an activating group) is 1. The van der Waals surface area contributed by atoms with Crippen LogP contribution in [-0.4, -0.2) is 71.8 Å². The Morgan fingerprint density at radius 2 is 2.19 bits per heavy atom. The first-order valence-electron chi connectivity index (χ1n) is 9.43. The topological polar surface area (TPSA) is 43.9 Å². The summed E-state index contributed by atoms with van der Waals surface area (Å²) in [5.74, 6) is 0.443. The molecule has 1 aromatic heterocycles. The molecule has 0 unspecified atom stereocenters. The number of hydrogen-bond donors (Lipinski definition) is 0. The normalized spacial score (nSPS) is 24.7. The highest BCUT2D eigenvalue weighted by molar-refractivity contribution is 7.07. The first kappa shape index (κ1) is 19.1. The van der Waals surface area contributed by atoms with E-state index >= 15 is 0 Å². The Labute approximate surface area is 160 Å². The number of nitrogens with zero attached hydrogens (tertiary/aromatic N) is 3. The maximum absolute atomic E-state index is 12.8. The Morgan fingerprint density at radius 1 is 1.35 bits per heavy atom. The number of hydrogen-bond acceptors (Lipinski definition) is 4. The molecule has 0 radical (unpaired) electrons. The lowest BCUT2D eigenvalue weighted by Crippen LogP contribution is -2.62. The van der Waals surface area contributed by atoms with Crippen LogP contribution < -0.4 is 0 Å². The van der Waals surface area contributed by atoms with Crippen LogP contribution in [0.3, 0.4) is 0 Å². The van der Waals surface area contributed by atoms with Gasteiger partial charge in [-0.25, -0.2) is 0 Å². The van der Waals surface area contributed by atoms with Crippen LogP contribution in [0.5, 0.6) is 0 Å². The van der Waals surface area contributed by atoms with E-state index in [0.717, 1.165) is 45.4 Å². The van der Waals surface area contributed by atoms with Crippen molar-refractivity contribution >= 4 is 23.2 Å². The molecule has 142 valence electrons. The van der Waals surface area contributed by atoms with Gasteiger partial charge < -0.3 is 9.80 Å². The largest absolute Gasteiger partial charge is 0.340 e. The number of carbonyl (C=O) groups excluding carboxylic acids is 2. The molecule has 0 saturated carbocycles. The van der Waals surface area contributed by atoms with Crippen molar-refractivity contribution in [2.24, 2.45) is 0 Å². The molecule has 0 bridgehead atoms. The third kappa shape index (κ3) is 4.18. The van der Waals surface area contributed by atoms with E-state index in [1.54, 1.807) is 17.4 Å². The number of likely N-dealkylation sites (tertiary alicyclic amines) is 1. The second kappa shape index (κ2) is 8.35. The van der Waals surface area contributed by atoms with Crippen LogP contribution in [-0.2, 0) is 16.0 Å². The van der Waals surface area contributed by atoms with Crippen molar-refractivity contribution in [3.63, 3.8) is 0 Å². The molecule has 5 nitrogen and oxygen atoms in total. The van der Waals surface area contributed by atoms with Crippen molar-refractivity contribution in [3.8, 4) is 0 Å². The van der Waals surface area contributed by atoms with Crippen LogP contribution in [0.2, 0.25) is 0 Å². The lowest BCUT2D eigenvalue weighted by molar-refractivity contribution is -0.136. The number of thiophene rings is 1. The van der Waals surface area contributed by atoms with Crippen molar-refractivity contribution < 1.29 is 9.59 Å². The van der Waals surface area contributed by atoms with Crippen LogP contribution in [0, 0.1) is 0 Å². The van der Waals surface area contributed by atoms with Gasteiger partial charge >= 0.3 is 0 Å². The Morgan fingerprint density at radius 3 is 2.92 bits per heavy atom. The molecular formula is C20H29N3O2S. The first-order chi connectivity index (χ1) is 12.5. The van der Waals surface area contributed by atoms with Crippen molar-refractivity contribution in [1.29, 1.82) is 0 Å². The molecule has 26 heavy (non-hydrogen) atoms. The van der Waals surface area contributed by atoms with Crippen LogP contribution in [0.15, 0.2) is 29.5 Å². The molecule has 1 aromatic rings. The number of piperazine rings is 1. The lowest BCUT2D eigenvalue weighted by atomic mass is 9.86. The summed E-state index contributed by atoms with van der Waals surface area (Å²) in [6.07, 6.45) is 5.46. The molecule has 2 saturated heterocycles. The van der Waals surface area contributed by atoms with Crippen molar-refractivity contribution in [1.82, 2.24) is 14.7 Å². The molecule has 0 aliphatic carbocycles. The Balaban J connectivity index is 1.64. The maximum atomic E-state index is 12.8. The van der Waals surface area contributed by atoms with Gasteiger partial charge in [-0.3, -0.25) is 14.5 Å². The zero-order valence-electron chi connectivity index (χ0n) is 15.7. The number of amides is 2. The van der Waals surface area contributed by atoms with E-state index in [2.05, 4.69) is 35.4 Å². The van der Waals surface area contributed by atoms with Gasteiger partial charge in [0, 0.05) is 51.1 Å². The van der Waals surface area contributed by atoms with Gasteiger partial charge in [0.15, 0.2) is 0 Å². The Kier molecular flexibility index (Phi) is 6.14. The van der Waals surface area contributed by atoms with E-state index < -0.39 is 0 Å². The van der Waals surface area contributed by atoms with Crippen LogP contribution in [0.4, 0.5) is 0 Å². The Bertz CT molecular complexity index is 645. The predicted molar refractivity (Wildman–Crippen MR) is 105 cm³/mol. The van der Waals surface area contributed by atoms with Gasteiger partial charge in [-0.2, -0.15) is 11.3 Å². The van der Waals surface area contributed by atoms with Gasteiger partial charge in [0.25, 0.3) is 0 Å². The summed E-state index contributed by atoms with van der Waals surface area (Å²) in [7, 11) is 2.14. The first-order valence-corrected chi connectivity index (χ1v) is 10.4. The molecule has 2 aliphatic heterocycles. The zero-order chi connectivity index (χ0) is 18.6. The minimum Gasteiger partial charge on any atom is -0.340 e. The molecule has 2 amide bonds. The van der Waals surface area contributed by atoms with E-state index in [4.69, 9.17) is 0 Å². The van der Waals surface area contributed by atoms with Gasteiger partial charge in [0.05, 0.1) is 0 Å². The number of rotatable bonds is 5. The number of aryl methyl sites for hydroxylation is 1.